The number of rotatable bonds is 0. The summed E-state index contributed by atoms with van der Waals surface area (Å²) in [6.07, 6.45) is 4.48. The van der Waals surface area contributed by atoms with E-state index in [4.69, 9.17) is 24.5 Å². The molecule has 0 radical (unpaired) electrons. The van der Waals surface area contributed by atoms with Gasteiger partial charge in [-0.3, -0.25) is 0 Å². The number of hydrogen-bond acceptors (Lipinski definition) is 4. The molecular formula is C14H26N2O4. The van der Waals surface area contributed by atoms with Gasteiger partial charge in [-0.1, -0.05) is 0 Å². The lowest BCUT2D eigenvalue weighted by atomic mass is 10.2. The Morgan fingerprint density at radius 2 is 1.05 bits per heavy atom. The molecule has 1 fully saturated rings. The topological polar surface area (TPSA) is 73.3 Å². The second-order valence-corrected chi connectivity index (χ2v) is 4.68. The van der Waals surface area contributed by atoms with Crippen LogP contribution in [0.3, 0.4) is 0 Å². The molecule has 1 saturated heterocycles. The van der Waals surface area contributed by atoms with Gasteiger partial charge in [0.15, 0.2) is 0 Å². The molecule has 1 aliphatic heterocycles. The zero-order valence-corrected chi connectivity index (χ0v) is 12.2. The number of nitrogens with zero attached hydrogens (tertiary/aromatic N) is 2. The summed E-state index contributed by atoms with van der Waals surface area (Å²) in [5.74, 6) is 0. The second kappa shape index (κ2) is 13.2. The van der Waals surface area contributed by atoms with Gasteiger partial charge in [0.1, 0.15) is 0 Å². The van der Waals surface area contributed by atoms with Crippen molar-refractivity contribution in [2.24, 2.45) is 0 Å². The van der Waals surface area contributed by atoms with E-state index < -0.39 is 0 Å². The quantitative estimate of drug-likeness (QED) is 0.502. The summed E-state index contributed by atoms with van der Waals surface area (Å²) < 4.78 is 21.8. The van der Waals surface area contributed by atoms with Crippen LogP contribution in [0.4, 0.5) is 0 Å². The van der Waals surface area contributed by atoms with Crippen LogP contribution in [0.2, 0.25) is 0 Å². The molecule has 0 aromatic rings. The summed E-state index contributed by atoms with van der Waals surface area (Å²) in [4.78, 5) is 3.27. The maximum absolute atomic E-state index is 8.87. The van der Waals surface area contributed by atoms with Crippen molar-refractivity contribution >= 4 is 5.71 Å². The Morgan fingerprint density at radius 3 is 1.50 bits per heavy atom. The molecule has 0 aromatic carbocycles. The predicted octanol–water partition coefficient (Wildman–Crippen LogP) is 1.69. The molecule has 1 aliphatic rings. The summed E-state index contributed by atoms with van der Waals surface area (Å²) in [5, 5.41) is 0. The molecule has 0 spiro atoms. The van der Waals surface area contributed by atoms with Crippen molar-refractivity contribution in [1.29, 1.82) is 0 Å². The van der Waals surface area contributed by atoms with Crippen LogP contribution in [0.15, 0.2) is 0 Å². The smallest absolute Gasteiger partial charge is 0.273 e. The zero-order chi connectivity index (χ0) is 14.3. The largest absolute Gasteiger partial charge is 0.379 e. The summed E-state index contributed by atoms with van der Waals surface area (Å²) in [6.45, 7) is 5.04. The van der Waals surface area contributed by atoms with E-state index in [0.29, 0.717) is 58.2 Å². The molecule has 1 rings (SSSR count). The number of ether oxygens (including phenoxy) is 4. The van der Waals surface area contributed by atoms with E-state index in [0.717, 1.165) is 32.5 Å². The van der Waals surface area contributed by atoms with Gasteiger partial charge in [-0.25, -0.2) is 0 Å². The van der Waals surface area contributed by atoms with Gasteiger partial charge in [0, 0.05) is 13.2 Å². The Kier molecular flexibility index (Phi) is 11.4. The van der Waals surface area contributed by atoms with Crippen LogP contribution in [0.1, 0.15) is 32.1 Å². The third-order valence-electron chi connectivity index (χ3n) is 3.03. The molecule has 0 aromatic heterocycles. The number of hydrogen-bond donors (Lipinski definition) is 0. The van der Waals surface area contributed by atoms with Crippen LogP contribution < -0.4 is 0 Å². The van der Waals surface area contributed by atoms with Crippen LogP contribution >= 0.6 is 0 Å². The molecule has 0 saturated carbocycles. The Labute approximate surface area is 121 Å². The van der Waals surface area contributed by atoms with E-state index >= 15 is 0 Å². The highest BCUT2D eigenvalue weighted by Gasteiger charge is 2.08. The Bertz CT molecular complexity index is 260. The molecule has 116 valence electrons. The monoisotopic (exact) mass is 286 g/mol. The first-order chi connectivity index (χ1) is 9.93. The first-order valence-corrected chi connectivity index (χ1v) is 7.44. The van der Waals surface area contributed by atoms with Gasteiger partial charge in [-0.15, -0.1) is 0 Å². The second-order valence-electron chi connectivity index (χ2n) is 4.68. The highest BCUT2D eigenvalue weighted by Crippen LogP contribution is 1.98. The van der Waals surface area contributed by atoms with Crippen LogP contribution in [-0.2, 0) is 18.9 Å². The minimum Gasteiger partial charge on any atom is -0.379 e. The highest BCUT2D eigenvalue weighted by atomic mass is 16.5. The summed E-state index contributed by atoms with van der Waals surface area (Å²) in [7, 11) is 0. The van der Waals surface area contributed by atoms with Gasteiger partial charge in [-0.05, 0) is 19.3 Å². The fourth-order valence-corrected chi connectivity index (χ4v) is 1.83. The van der Waals surface area contributed by atoms with Crippen LogP contribution in [0, 0.1) is 0 Å². The Morgan fingerprint density at radius 1 is 0.600 bits per heavy atom. The van der Waals surface area contributed by atoms with Gasteiger partial charge < -0.3 is 24.5 Å². The molecule has 0 bridgehead atoms. The van der Waals surface area contributed by atoms with Crippen molar-refractivity contribution in [2.75, 3.05) is 52.9 Å². The molecule has 1 heterocycles. The minimum atomic E-state index is 0.547. The van der Waals surface area contributed by atoms with Gasteiger partial charge in [0.25, 0.3) is 5.71 Å². The Hall–Kier alpha value is -0.780. The van der Waals surface area contributed by atoms with Gasteiger partial charge in [-0.2, -0.15) is 4.79 Å². The lowest BCUT2D eigenvalue weighted by molar-refractivity contribution is -0.0194. The molecule has 6 nitrogen and oxygen atoms in total. The third-order valence-corrected chi connectivity index (χ3v) is 3.03. The van der Waals surface area contributed by atoms with Crippen molar-refractivity contribution in [3.63, 3.8) is 0 Å². The molecule has 0 N–H and O–H groups in total. The first-order valence-electron chi connectivity index (χ1n) is 7.44. The van der Waals surface area contributed by atoms with Gasteiger partial charge in [0.05, 0.1) is 52.5 Å². The van der Waals surface area contributed by atoms with Gasteiger partial charge >= 0.3 is 0 Å². The molecule has 20 heavy (non-hydrogen) atoms. The zero-order valence-electron chi connectivity index (χ0n) is 12.2. The van der Waals surface area contributed by atoms with E-state index in [9.17, 15) is 0 Å². The minimum absolute atomic E-state index is 0.547. The molecular weight excluding hydrogens is 260 g/mol. The molecule has 0 amide bonds. The average molecular weight is 286 g/mol. The van der Waals surface area contributed by atoms with Crippen LogP contribution in [0.5, 0.6) is 0 Å². The average Bonchev–Trinajstić information content (AvgIpc) is 2.47. The molecule has 6 heteroatoms. The van der Waals surface area contributed by atoms with E-state index in [-0.39, 0.29) is 0 Å². The first kappa shape index (κ1) is 17.3. The maximum atomic E-state index is 8.87. The van der Waals surface area contributed by atoms with Crippen molar-refractivity contribution in [1.82, 2.24) is 0 Å². The Balaban J connectivity index is 2.19. The van der Waals surface area contributed by atoms with E-state index in [1.165, 1.54) is 0 Å². The van der Waals surface area contributed by atoms with Crippen molar-refractivity contribution < 1.29 is 23.7 Å². The summed E-state index contributed by atoms with van der Waals surface area (Å²) >= 11 is 0. The molecule has 0 aliphatic carbocycles. The van der Waals surface area contributed by atoms with Crippen molar-refractivity contribution in [3.05, 3.63) is 5.53 Å². The lowest BCUT2D eigenvalue weighted by Gasteiger charge is -2.07. The summed E-state index contributed by atoms with van der Waals surface area (Å²) in [6, 6.07) is 0. The maximum Gasteiger partial charge on any atom is 0.273 e. The molecule has 0 atom stereocenters. The van der Waals surface area contributed by atoms with E-state index in [1.54, 1.807) is 0 Å². The highest BCUT2D eigenvalue weighted by molar-refractivity contribution is 5.79. The van der Waals surface area contributed by atoms with Crippen molar-refractivity contribution in [3.8, 4) is 0 Å². The standard InChI is InChI=1S/C14H26N2O4/c15-16-14-4-8-19-12-10-17-6-2-1-3-7-18-11-13-20-9-5-14/h1-13H2. The lowest BCUT2D eigenvalue weighted by Crippen LogP contribution is -2.13. The van der Waals surface area contributed by atoms with Gasteiger partial charge in [0.2, 0.25) is 0 Å². The molecule has 0 unspecified atom stereocenters. The summed E-state index contributed by atoms with van der Waals surface area (Å²) in [5.41, 5.74) is 9.58. The van der Waals surface area contributed by atoms with E-state index in [1.807, 2.05) is 0 Å². The fraction of sp³-hybridized carbons (Fsp3) is 0.929. The normalized spacial score (nSPS) is 22.5. The van der Waals surface area contributed by atoms with Crippen LogP contribution in [-0.4, -0.2) is 63.4 Å². The van der Waals surface area contributed by atoms with E-state index in [2.05, 4.69) is 4.79 Å². The SMILES string of the molecule is [N-]=[N+]=C1CCOCCOCCCCCOCCOCC1. The van der Waals surface area contributed by atoms with Crippen LogP contribution in [0.25, 0.3) is 5.53 Å². The van der Waals surface area contributed by atoms with Crippen molar-refractivity contribution in [2.45, 2.75) is 32.1 Å². The predicted molar refractivity (Wildman–Crippen MR) is 75.0 cm³/mol. The fourth-order valence-electron chi connectivity index (χ4n) is 1.83. The third kappa shape index (κ3) is 10.1.